The summed E-state index contributed by atoms with van der Waals surface area (Å²) in [6.45, 7) is 4.36. The lowest BCUT2D eigenvalue weighted by Crippen LogP contribution is -2.13. The second kappa shape index (κ2) is 6.73. The van der Waals surface area contributed by atoms with Gasteiger partial charge in [0.15, 0.2) is 0 Å². The Morgan fingerprint density at radius 3 is 2.95 bits per heavy atom. The second-order valence-electron chi connectivity index (χ2n) is 4.32. The Kier molecular flexibility index (Phi) is 4.99. The van der Waals surface area contributed by atoms with Gasteiger partial charge in [-0.2, -0.15) is 5.10 Å². The number of hydrogen-bond acceptors (Lipinski definition) is 3. The molecule has 0 unspecified atom stereocenters. The molecule has 1 heterocycles. The van der Waals surface area contributed by atoms with Crippen molar-refractivity contribution in [1.82, 2.24) is 15.1 Å². The molecule has 0 spiro atoms. The minimum Gasteiger partial charge on any atom is -0.487 e. The molecule has 0 radical (unpaired) electrons. The van der Waals surface area contributed by atoms with Gasteiger partial charge in [-0.1, -0.05) is 19.1 Å². The number of nitrogens with one attached hydrogen (secondary N) is 1. The van der Waals surface area contributed by atoms with Crippen molar-refractivity contribution in [1.29, 1.82) is 0 Å². The fourth-order valence-electron chi connectivity index (χ4n) is 1.82. The van der Waals surface area contributed by atoms with E-state index in [9.17, 15) is 0 Å². The van der Waals surface area contributed by atoms with Gasteiger partial charge < -0.3 is 10.1 Å². The first kappa shape index (κ1) is 14.1. The van der Waals surface area contributed by atoms with Crippen molar-refractivity contribution < 1.29 is 4.74 Å². The molecule has 0 aliphatic heterocycles. The van der Waals surface area contributed by atoms with Crippen LogP contribution in [-0.4, -0.2) is 16.3 Å². The summed E-state index contributed by atoms with van der Waals surface area (Å²) in [6.07, 6.45) is 3.78. The van der Waals surface area contributed by atoms with E-state index < -0.39 is 0 Å². The molecule has 0 bridgehead atoms. The molecule has 0 amide bonds. The van der Waals surface area contributed by atoms with Gasteiger partial charge >= 0.3 is 0 Å². The average molecular weight is 324 g/mol. The first-order valence-electron chi connectivity index (χ1n) is 6.29. The zero-order valence-corrected chi connectivity index (χ0v) is 12.8. The summed E-state index contributed by atoms with van der Waals surface area (Å²) in [5.41, 5.74) is 2.22. The number of rotatable bonds is 6. The predicted octanol–water partition coefficient (Wildman–Crippen LogP) is 2.87. The predicted molar refractivity (Wildman–Crippen MR) is 79.1 cm³/mol. The summed E-state index contributed by atoms with van der Waals surface area (Å²) in [5, 5.41) is 7.45. The van der Waals surface area contributed by atoms with Crippen LogP contribution in [0.5, 0.6) is 5.75 Å². The second-order valence-corrected chi connectivity index (χ2v) is 5.17. The van der Waals surface area contributed by atoms with Crippen LogP contribution in [-0.2, 0) is 20.2 Å². The topological polar surface area (TPSA) is 39.1 Å². The van der Waals surface area contributed by atoms with E-state index >= 15 is 0 Å². The van der Waals surface area contributed by atoms with E-state index in [1.54, 1.807) is 4.68 Å². The molecule has 1 N–H and O–H groups in total. The van der Waals surface area contributed by atoms with Crippen molar-refractivity contribution in [2.45, 2.75) is 20.1 Å². The van der Waals surface area contributed by atoms with Gasteiger partial charge in [0, 0.05) is 30.9 Å². The van der Waals surface area contributed by atoms with E-state index in [-0.39, 0.29) is 0 Å². The van der Waals surface area contributed by atoms with E-state index in [0.717, 1.165) is 34.4 Å². The standard InChI is InChI=1S/C14H18BrN3O/c1-3-16-8-12-5-4-6-13(15)14(12)19-10-11-7-17-18(2)9-11/h4-7,9,16H,3,8,10H2,1-2H3. The largest absolute Gasteiger partial charge is 0.487 e. The number of hydrogen-bond donors (Lipinski definition) is 1. The number of ether oxygens (including phenoxy) is 1. The van der Waals surface area contributed by atoms with Crippen molar-refractivity contribution in [2.24, 2.45) is 7.05 Å². The molecule has 2 aromatic rings. The average Bonchev–Trinajstić information content (AvgIpc) is 2.81. The molecule has 1 aromatic heterocycles. The van der Waals surface area contributed by atoms with E-state index in [4.69, 9.17) is 4.74 Å². The summed E-state index contributed by atoms with van der Waals surface area (Å²) in [7, 11) is 1.90. The Morgan fingerprint density at radius 2 is 2.26 bits per heavy atom. The fraction of sp³-hybridized carbons (Fsp3) is 0.357. The van der Waals surface area contributed by atoms with Crippen LogP contribution in [0.25, 0.3) is 0 Å². The Hall–Kier alpha value is -1.33. The third-order valence-corrected chi connectivity index (χ3v) is 3.38. The molecule has 4 nitrogen and oxygen atoms in total. The molecule has 2 rings (SSSR count). The van der Waals surface area contributed by atoms with Crippen molar-refractivity contribution in [3.8, 4) is 5.75 Å². The van der Waals surface area contributed by atoms with Crippen LogP contribution in [0.3, 0.4) is 0 Å². The van der Waals surface area contributed by atoms with Gasteiger partial charge in [0.2, 0.25) is 0 Å². The smallest absolute Gasteiger partial charge is 0.138 e. The van der Waals surface area contributed by atoms with Crippen LogP contribution in [0.15, 0.2) is 35.1 Å². The molecule has 0 atom stereocenters. The van der Waals surface area contributed by atoms with Crippen molar-refractivity contribution in [3.63, 3.8) is 0 Å². The Labute approximate surface area is 121 Å². The maximum Gasteiger partial charge on any atom is 0.138 e. The molecule has 0 saturated heterocycles. The highest BCUT2D eigenvalue weighted by molar-refractivity contribution is 9.10. The van der Waals surface area contributed by atoms with Crippen LogP contribution in [0.4, 0.5) is 0 Å². The van der Waals surface area contributed by atoms with Crippen molar-refractivity contribution in [3.05, 3.63) is 46.2 Å². The molecule has 0 aliphatic rings. The van der Waals surface area contributed by atoms with Crippen LogP contribution in [0.1, 0.15) is 18.1 Å². The number of benzene rings is 1. The lowest BCUT2D eigenvalue weighted by molar-refractivity contribution is 0.300. The summed E-state index contributed by atoms with van der Waals surface area (Å²) < 4.78 is 8.68. The van der Waals surface area contributed by atoms with E-state index in [1.165, 1.54) is 0 Å². The minimum atomic E-state index is 0.523. The number of halogens is 1. The van der Waals surface area contributed by atoms with Crippen LogP contribution < -0.4 is 10.1 Å². The van der Waals surface area contributed by atoms with E-state index in [2.05, 4.69) is 39.3 Å². The number of nitrogens with zero attached hydrogens (tertiary/aromatic N) is 2. The van der Waals surface area contributed by atoms with Gasteiger partial charge in [-0.25, -0.2) is 0 Å². The number of aromatic nitrogens is 2. The Balaban J connectivity index is 2.09. The molecule has 1 aromatic carbocycles. The van der Waals surface area contributed by atoms with Gasteiger partial charge in [0.05, 0.1) is 10.7 Å². The normalized spacial score (nSPS) is 10.7. The summed E-state index contributed by atoms with van der Waals surface area (Å²) in [4.78, 5) is 0. The number of para-hydroxylation sites is 1. The molecule has 0 saturated carbocycles. The zero-order chi connectivity index (χ0) is 13.7. The van der Waals surface area contributed by atoms with E-state index in [1.807, 2.05) is 31.6 Å². The molecule has 5 heteroatoms. The SMILES string of the molecule is CCNCc1cccc(Br)c1OCc1cnn(C)c1. The first-order chi connectivity index (χ1) is 9.20. The summed E-state index contributed by atoms with van der Waals surface area (Å²) in [5.74, 6) is 0.896. The highest BCUT2D eigenvalue weighted by atomic mass is 79.9. The highest BCUT2D eigenvalue weighted by Crippen LogP contribution is 2.29. The molecule has 19 heavy (non-hydrogen) atoms. The van der Waals surface area contributed by atoms with Gasteiger partial charge in [-0.05, 0) is 28.5 Å². The maximum absolute atomic E-state index is 5.92. The molecular formula is C14H18BrN3O. The van der Waals surface area contributed by atoms with Gasteiger partial charge in [-0.15, -0.1) is 0 Å². The summed E-state index contributed by atoms with van der Waals surface area (Å²) in [6, 6.07) is 6.09. The van der Waals surface area contributed by atoms with Crippen LogP contribution >= 0.6 is 15.9 Å². The zero-order valence-electron chi connectivity index (χ0n) is 11.2. The van der Waals surface area contributed by atoms with Crippen molar-refractivity contribution >= 4 is 15.9 Å². The molecular weight excluding hydrogens is 306 g/mol. The Morgan fingerprint density at radius 1 is 1.42 bits per heavy atom. The van der Waals surface area contributed by atoms with Gasteiger partial charge in [0.25, 0.3) is 0 Å². The van der Waals surface area contributed by atoms with Crippen molar-refractivity contribution in [2.75, 3.05) is 6.54 Å². The monoisotopic (exact) mass is 323 g/mol. The number of aryl methyl sites for hydroxylation is 1. The summed E-state index contributed by atoms with van der Waals surface area (Å²) >= 11 is 3.54. The molecule has 0 aliphatic carbocycles. The van der Waals surface area contributed by atoms with Crippen LogP contribution in [0, 0.1) is 0 Å². The Bertz CT molecular complexity index is 539. The lowest BCUT2D eigenvalue weighted by Gasteiger charge is -2.13. The minimum absolute atomic E-state index is 0.523. The fourth-order valence-corrected chi connectivity index (χ4v) is 2.34. The van der Waals surface area contributed by atoms with Gasteiger partial charge in [0.1, 0.15) is 12.4 Å². The molecule has 102 valence electrons. The third-order valence-electron chi connectivity index (χ3n) is 2.76. The third kappa shape index (κ3) is 3.81. The van der Waals surface area contributed by atoms with Crippen LogP contribution in [0.2, 0.25) is 0 Å². The van der Waals surface area contributed by atoms with Gasteiger partial charge in [-0.3, -0.25) is 4.68 Å². The first-order valence-corrected chi connectivity index (χ1v) is 7.08. The maximum atomic E-state index is 5.92. The molecule has 0 fully saturated rings. The lowest BCUT2D eigenvalue weighted by atomic mass is 10.2. The highest BCUT2D eigenvalue weighted by Gasteiger charge is 2.08. The van der Waals surface area contributed by atoms with E-state index in [0.29, 0.717) is 6.61 Å². The quantitative estimate of drug-likeness (QED) is 0.888.